The van der Waals surface area contributed by atoms with Gasteiger partial charge < -0.3 is 4.74 Å². The molecule has 4 nitrogen and oxygen atoms in total. The Labute approximate surface area is 85.0 Å². The molecule has 1 heterocycles. The summed E-state index contributed by atoms with van der Waals surface area (Å²) in [5.74, 6) is -0.315. The quantitative estimate of drug-likeness (QED) is 0.600. The Morgan fingerprint density at radius 1 is 1.77 bits per heavy atom. The number of carbonyl (C=O) groups is 1. The van der Waals surface area contributed by atoms with Crippen LogP contribution >= 0.6 is 15.9 Å². The molecule has 0 aliphatic heterocycles. The van der Waals surface area contributed by atoms with E-state index in [1.54, 1.807) is 24.9 Å². The fraction of sp³-hybridized carbons (Fsp3) is 0.500. The number of alkyl halides is 1. The fourth-order valence-electron chi connectivity index (χ4n) is 1.01. The molecule has 0 aliphatic carbocycles. The maximum Gasteiger partial charge on any atom is 0.341 e. The number of hydrogen-bond acceptors (Lipinski definition) is 3. The summed E-state index contributed by atoms with van der Waals surface area (Å²) >= 11 is 3.26. The van der Waals surface area contributed by atoms with Crippen molar-refractivity contribution in [2.45, 2.75) is 12.3 Å². The van der Waals surface area contributed by atoms with Gasteiger partial charge in [0.15, 0.2) is 0 Å². The second-order valence-corrected chi connectivity index (χ2v) is 3.08. The Bertz CT molecular complexity index is 309. The average molecular weight is 247 g/mol. The second-order valence-electron chi connectivity index (χ2n) is 2.52. The zero-order chi connectivity index (χ0) is 9.84. The first-order valence-corrected chi connectivity index (χ1v) is 5.06. The van der Waals surface area contributed by atoms with E-state index in [1.807, 2.05) is 0 Å². The van der Waals surface area contributed by atoms with Gasteiger partial charge in [-0.05, 0) is 6.92 Å². The van der Waals surface area contributed by atoms with Crippen molar-refractivity contribution in [1.82, 2.24) is 9.78 Å². The van der Waals surface area contributed by atoms with Crippen LogP contribution in [0.1, 0.15) is 23.0 Å². The highest BCUT2D eigenvalue weighted by atomic mass is 79.9. The molecule has 0 atom stereocenters. The number of halogens is 1. The second kappa shape index (κ2) is 4.41. The molecule has 0 spiro atoms. The fourth-order valence-corrected chi connectivity index (χ4v) is 1.43. The maximum absolute atomic E-state index is 11.3. The van der Waals surface area contributed by atoms with Crippen LogP contribution in [0.15, 0.2) is 6.20 Å². The van der Waals surface area contributed by atoms with E-state index in [0.717, 1.165) is 0 Å². The lowest BCUT2D eigenvalue weighted by Gasteiger charge is -1.98. The molecule has 5 heteroatoms. The first-order valence-electron chi connectivity index (χ1n) is 3.94. The number of hydrogen-bond donors (Lipinski definition) is 0. The molecule has 0 fully saturated rings. The van der Waals surface area contributed by atoms with E-state index in [-0.39, 0.29) is 5.97 Å². The van der Waals surface area contributed by atoms with Gasteiger partial charge in [-0.25, -0.2) is 4.79 Å². The van der Waals surface area contributed by atoms with Crippen molar-refractivity contribution in [3.8, 4) is 0 Å². The van der Waals surface area contributed by atoms with Crippen LogP contribution in [0.4, 0.5) is 0 Å². The molecule has 0 saturated carbocycles. The minimum absolute atomic E-state index is 0.315. The molecular formula is C8H11BrN2O2. The smallest absolute Gasteiger partial charge is 0.341 e. The number of carbonyl (C=O) groups excluding carboxylic acids is 1. The van der Waals surface area contributed by atoms with Crippen molar-refractivity contribution in [1.29, 1.82) is 0 Å². The van der Waals surface area contributed by atoms with E-state index < -0.39 is 0 Å². The Kier molecular flexibility index (Phi) is 3.48. The minimum atomic E-state index is -0.315. The van der Waals surface area contributed by atoms with Gasteiger partial charge in [-0.2, -0.15) is 5.10 Å². The molecule has 0 unspecified atom stereocenters. The van der Waals surface area contributed by atoms with Crippen molar-refractivity contribution in [3.63, 3.8) is 0 Å². The highest BCUT2D eigenvalue weighted by Gasteiger charge is 2.15. The van der Waals surface area contributed by atoms with Crippen LogP contribution in [0.5, 0.6) is 0 Å². The van der Waals surface area contributed by atoms with Gasteiger partial charge in [-0.3, -0.25) is 4.68 Å². The summed E-state index contributed by atoms with van der Waals surface area (Å²) in [7, 11) is 1.77. The number of esters is 1. The molecule has 1 aromatic heterocycles. The lowest BCUT2D eigenvalue weighted by molar-refractivity contribution is 0.0525. The minimum Gasteiger partial charge on any atom is -0.462 e. The van der Waals surface area contributed by atoms with E-state index in [2.05, 4.69) is 21.0 Å². The molecule has 13 heavy (non-hydrogen) atoms. The highest BCUT2D eigenvalue weighted by molar-refractivity contribution is 9.08. The van der Waals surface area contributed by atoms with E-state index in [0.29, 0.717) is 23.2 Å². The van der Waals surface area contributed by atoms with Crippen LogP contribution in [0.2, 0.25) is 0 Å². The SMILES string of the molecule is CCOC(=O)c1cn(C)nc1CBr. The summed E-state index contributed by atoms with van der Waals surface area (Å²) < 4.78 is 6.47. The Morgan fingerprint density at radius 3 is 3.00 bits per heavy atom. The first-order chi connectivity index (χ1) is 6.19. The molecule has 0 saturated heterocycles. The van der Waals surface area contributed by atoms with Gasteiger partial charge in [-0.15, -0.1) is 0 Å². The summed E-state index contributed by atoms with van der Waals surface area (Å²) in [4.78, 5) is 11.3. The predicted molar refractivity (Wildman–Crippen MR) is 51.8 cm³/mol. The monoisotopic (exact) mass is 246 g/mol. The van der Waals surface area contributed by atoms with Gasteiger partial charge in [0.05, 0.1) is 12.3 Å². The normalized spacial score (nSPS) is 10.1. The van der Waals surface area contributed by atoms with Crippen LogP contribution < -0.4 is 0 Å². The first kappa shape index (κ1) is 10.2. The van der Waals surface area contributed by atoms with Crippen LogP contribution in [0.25, 0.3) is 0 Å². The summed E-state index contributed by atoms with van der Waals surface area (Å²) in [6.07, 6.45) is 1.66. The van der Waals surface area contributed by atoms with Gasteiger partial charge >= 0.3 is 5.97 Å². The van der Waals surface area contributed by atoms with Crippen LogP contribution in [0.3, 0.4) is 0 Å². The third kappa shape index (κ3) is 2.30. The van der Waals surface area contributed by atoms with E-state index in [1.165, 1.54) is 0 Å². The standard InChI is InChI=1S/C8H11BrN2O2/c1-3-13-8(12)6-5-11(2)10-7(6)4-9/h5H,3-4H2,1-2H3. The lowest BCUT2D eigenvalue weighted by atomic mass is 10.3. The van der Waals surface area contributed by atoms with Crippen molar-refractivity contribution in [3.05, 3.63) is 17.5 Å². The summed E-state index contributed by atoms with van der Waals surface area (Å²) in [6.45, 7) is 2.16. The van der Waals surface area contributed by atoms with E-state index in [9.17, 15) is 4.79 Å². The van der Waals surface area contributed by atoms with Gasteiger partial charge in [0.25, 0.3) is 0 Å². The third-order valence-electron chi connectivity index (χ3n) is 1.53. The van der Waals surface area contributed by atoms with Crippen molar-refractivity contribution in [2.24, 2.45) is 7.05 Å². The van der Waals surface area contributed by atoms with Crippen molar-refractivity contribution >= 4 is 21.9 Å². The van der Waals surface area contributed by atoms with Crippen LogP contribution in [-0.2, 0) is 17.1 Å². The number of aromatic nitrogens is 2. The van der Waals surface area contributed by atoms with Gasteiger partial charge in [0.2, 0.25) is 0 Å². The summed E-state index contributed by atoms with van der Waals surface area (Å²) in [5.41, 5.74) is 1.24. The van der Waals surface area contributed by atoms with Gasteiger partial charge in [0.1, 0.15) is 5.56 Å². The zero-order valence-corrected chi connectivity index (χ0v) is 9.17. The molecule has 0 N–H and O–H groups in total. The van der Waals surface area contributed by atoms with Crippen molar-refractivity contribution in [2.75, 3.05) is 6.61 Å². The van der Waals surface area contributed by atoms with Gasteiger partial charge in [-0.1, -0.05) is 15.9 Å². The number of rotatable bonds is 3. The van der Waals surface area contributed by atoms with E-state index in [4.69, 9.17) is 4.74 Å². The van der Waals surface area contributed by atoms with Crippen molar-refractivity contribution < 1.29 is 9.53 Å². The van der Waals surface area contributed by atoms with E-state index >= 15 is 0 Å². The molecule has 1 aromatic rings. The Hall–Kier alpha value is -0.840. The lowest BCUT2D eigenvalue weighted by Crippen LogP contribution is -2.05. The number of nitrogens with zero attached hydrogens (tertiary/aromatic N) is 2. The van der Waals surface area contributed by atoms with Gasteiger partial charge in [0, 0.05) is 18.6 Å². The number of ether oxygens (including phenoxy) is 1. The molecule has 0 aliphatic rings. The third-order valence-corrected chi connectivity index (χ3v) is 2.06. The predicted octanol–water partition coefficient (Wildman–Crippen LogP) is 1.49. The molecule has 0 amide bonds. The molecular weight excluding hydrogens is 236 g/mol. The zero-order valence-electron chi connectivity index (χ0n) is 7.58. The molecule has 72 valence electrons. The average Bonchev–Trinajstić information content (AvgIpc) is 2.47. The summed E-state index contributed by atoms with van der Waals surface area (Å²) in [5, 5.41) is 4.66. The topological polar surface area (TPSA) is 44.1 Å². The Morgan fingerprint density at radius 2 is 2.46 bits per heavy atom. The molecule has 1 rings (SSSR count). The van der Waals surface area contributed by atoms with Crippen LogP contribution in [-0.4, -0.2) is 22.4 Å². The summed E-state index contributed by atoms with van der Waals surface area (Å²) in [6, 6.07) is 0. The van der Waals surface area contributed by atoms with Crippen LogP contribution in [0, 0.1) is 0 Å². The Balaban J connectivity index is 2.91. The maximum atomic E-state index is 11.3. The molecule has 0 aromatic carbocycles. The molecule has 0 bridgehead atoms. The highest BCUT2D eigenvalue weighted by Crippen LogP contribution is 2.11. The number of aryl methyl sites for hydroxylation is 1. The molecule has 0 radical (unpaired) electrons. The largest absolute Gasteiger partial charge is 0.462 e.